The Kier molecular flexibility index (Phi) is 7.29. The third-order valence-electron chi connectivity index (χ3n) is 5.06. The summed E-state index contributed by atoms with van der Waals surface area (Å²) in [6, 6.07) is 18.9. The second-order valence-corrected chi connectivity index (χ2v) is 7.76. The molecule has 0 atom stereocenters. The molecule has 0 unspecified atom stereocenters. The summed E-state index contributed by atoms with van der Waals surface area (Å²) in [5, 5.41) is 23.6. The Balaban J connectivity index is 1.94. The van der Waals surface area contributed by atoms with Gasteiger partial charge in [0.25, 0.3) is 11.6 Å². The molecular formula is C24H23N3O4S. The summed E-state index contributed by atoms with van der Waals surface area (Å²) < 4.78 is 0. The SMILES string of the molecule is Cc1ccc(C)c(N(Cc2ccccc2CO)C(=S)NC(=O)c2cccc([N+](=O)[O-])c2)c1. The highest BCUT2D eigenvalue weighted by Gasteiger charge is 2.20. The molecule has 2 N–H and O–H groups in total. The van der Waals surface area contributed by atoms with Crippen LogP contribution in [-0.4, -0.2) is 21.0 Å². The summed E-state index contributed by atoms with van der Waals surface area (Å²) in [7, 11) is 0. The number of nitrogens with one attached hydrogen (secondary N) is 1. The van der Waals surface area contributed by atoms with Crippen molar-refractivity contribution in [1.29, 1.82) is 0 Å². The van der Waals surface area contributed by atoms with Gasteiger partial charge in [-0.25, -0.2) is 0 Å². The number of rotatable bonds is 6. The van der Waals surface area contributed by atoms with Crippen molar-refractivity contribution in [2.75, 3.05) is 4.90 Å². The molecule has 1 amide bonds. The third-order valence-corrected chi connectivity index (χ3v) is 5.38. The first-order valence-electron chi connectivity index (χ1n) is 9.92. The lowest BCUT2D eigenvalue weighted by Crippen LogP contribution is -2.43. The quantitative estimate of drug-likeness (QED) is 0.328. The minimum absolute atomic E-state index is 0.121. The second kappa shape index (κ2) is 10.1. The van der Waals surface area contributed by atoms with Crippen molar-refractivity contribution >= 4 is 34.6 Å². The lowest BCUT2D eigenvalue weighted by molar-refractivity contribution is -0.384. The third kappa shape index (κ3) is 5.35. The van der Waals surface area contributed by atoms with Crippen molar-refractivity contribution in [3.05, 3.63) is 105 Å². The zero-order valence-corrected chi connectivity index (χ0v) is 18.6. The summed E-state index contributed by atoms with van der Waals surface area (Å²) in [6.45, 7) is 4.12. The van der Waals surface area contributed by atoms with E-state index in [2.05, 4.69) is 5.32 Å². The van der Waals surface area contributed by atoms with E-state index in [9.17, 15) is 20.0 Å². The van der Waals surface area contributed by atoms with Crippen LogP contribution in [0.5, 0.6) is 0 Å². The van der Waals surface area contributed by atoms with Crippen LogP contribution < -0.4 is 10.2 Å². The Morgan fingerprint density at radius 1 is 1.06 bits per heavy atom. The molecule has 0 aromatic heterocycles. The predicted octanol–water partition coefficient (Wildman–Crippen LogP) is 4.43. The number of aliphatic hydroxyl groups excluding tert-OH is 1. The molecule has 0 fully saturated rings. The van der Waals surface area contributed by atoms with Gasteiger partial charge in [0.15, 0.2) is 5.11 Å². The summed E-state index contributed by atoms with van der Waals surface area (Å²) in [6.07, 6.45) is 0. The molecule has 0 saturated carbocycles. The fourth-order valence-corrected chi connectivity index (χ4v) is 3.57. The van der Waals surface area contributed by atoms with E-state index in [1.807, 2.05) is 56.3 Å². The molecule has 8 heteroatoms. The molecular weight excluding hydrogens is 426 g/mol. The molecule has 3 rings (SSSR count). The molecule has 0 aliphatic heterocycles. The number of nitrogens with zero attached hydrogens (tertiary/aromatic N) is 2. The molecule has 0 aliphatic carbocycles. The van der Waals surface area contributed by atoms with Gasteiger partial charge in [0.05, 0.1) is 18.1 Å². The summed E-state index contributed by atoms with van der Waals surface area (Å²) in [4.78, 5) is 25.1. The molecule has 0 spiro atoms. The zero-order valence-electron chi connectivity index (χ0n) is 17.7. The minimum Gasteiger partial charge on any atom is -0.392 e. The normalized spacial score (nSPS) is 10.5. The smallest absolute Gasteiger partial charge is 0.270 e. The van der Waals surface area contributed by atoms with Crippen molar-refractivity contribution < 1.29 is 14.8 Å². The zero-order chi connectivity index (χ0) is 23.3. The van der Waals surface area contributed by atoms with Crippen molar-refractivity contribution in [3.8, 4) is 0 Å². The van der Waals surface area contributed by atoms with E-state index in [1.165, 1.54) is 24.3 Å². The van der Waals surface area contributed by atoms with E-state index in [0.717, 1.165) is 27.9 Å². The maximum absolute atomic E-state index is 12.8. The number of anilines is 1. The highest BCUT2D eigenvalue weighted by Crippen LogP contribution is 2.25. The molecule has 0 bridgehead atoms. The lowest BCUT2D eigenvalue weighted by Gasteiger charge is -2.28. The Morgan fingerprint density at radius 2 is 1.78 bits per heavy atom. The number of non-ortho nitro benzene ring substituents is 1. The highest BCUT2D eigenvalue weighted by molar-refractivity contribution is 7.80. The average molecular weight is 450 g/mol. The first-order valence-corrected chi connectivity index (χ1v) is 10.3. The maximum atomic E-state index is 12.8. The van der Waals surface area contributed by atoms with E-state index in [-0.39, 0.29) is 23.0 Å². The van der Waals surface area contributed by atoms with Crippen LogP contribution in [0, 0.1) is 24.0 Å². The van der Waals surface area contributed by atoms with E-state index in [0.29, 0.717) is 6.54 Å². The highest BCUT2D eigenvalue weighted by atomic mass is 32.1. The monoisotopic (exact) mass is 449 g/mol. The van der Waals surface area contributed by atoms with Gasteiger partial charge < -0.3 is 10.0 Å². The topological polar surface area (TPSA) is 95.7 Å². The first-order chi connectivity index (χ1) is 15.3. The number of amides is 1. The van der Waals surface area contributed by atoms with Gasteiger partial charge in [0.1, 0.15) is 0 Å². The molecule has 3 aromatic rings. The molecule has 0 saturated heterocycles. The van der Waals surface area contributed by atoms with Crippen molar-refractivity contribution in [1.82, 2.24) is 5.32 Å². The van der Waals surface area contributed by atoms with Gasteiger partial charge in [-0.3, -0.25) is 20.2 Å². The molecule has 3 aromatic carbocycles. The number of carbonyl (C=O) groups excluding carboxylic acids is 1. The van der Waals surface area contributed by atoms with Gasteiger partial charge in [-0.1, -0.05) is 42.5 Å². The van der Waals surface area contributed by atoms with Crippen LogP contribution in [0.25, 0.3) is 0 Å². The van der Waals surface area contributed by atoms with Crippen molar-refractivity contribution in [2.24, 2.45) is 0 Å². The number of aliphatic hydroxyl groups is 1. The molecule has 7 nitrogen and oxygen atoms in total. The summed E-state index contributed by atoms with van der Waals surface area (Å²) >= 11 is 5.60. The standard InChI is InChI=1S/C24H23N3O4S/c1-16-10-11-17(2)22(12-16)26(14-19-6-3-4-7-20(19)15-28)24(32)25-23(29)18-8-5-9-21(13-18)27(30)31/h3-13,28H,14-15H2,1-2H3,(H,25,29,32). The van der Waals surface area contributed by atoms with Gasteiger partial charge >= 0.3 is 0 Å². The van der Waals surface area contributed by atoms with Crippen LogP contribution in [0.1, 0.15) is 32.6 Å². The Hall–Kier alpha value is -3.62. The Morgan fingerprint density at radius 3 is 2.47 bits per heavy atom. The molecule has 0 aliphatic rings. The number of hydrogen-bond acceptors (Lipinski definition) is 5. The largest absolute Gasteiger partial charge is 0.392 e. The van der Waals surface area contributed by atoms with E-state index in [4.69, 9.17) is 12.2 Å². The van der Waals surface area contributed by atoms with Crippen LogP contribution in [0.15, 0.2) is 66.7 Å². The lowest BCUT2D eigenvalue weighted by atomic mass is 10.1. The maximum Gasteiger partial charge on any atom is 0.270 e. The summed E-state index contributed by atoms with van der Waals surface area (Å²) in [5.74, 6) is -0.538. The number of thiocarbonyl (C=S) groups is 1. The van der Waals surface area contributed by atoms with Crippen molar-refractivity contribution in [2.45, 2.75) is 27.0 Å². The van der Waals surface area contributed by atoms with Gasteiger partial charge in [0, 0.05) is 23.4 Å². The predicted molar refractivity (Wildman–Crippen MR) is 128 cm³/mol. The van der Waals surface area contributed by atoms with Gasteiger partial charge in [-0.15, -0.1) is 0 Å². The molecule has 164 valence electrons. The number of nitro groups is 1. The van der Waals surface area contributed by atoms with Gasteiger partial charge in [-0.2, -0.15) is 0 Å². The average Bonchev–Trinajstić information content (AvgIpc) is 2.79. The van der Waals surface area contributed by atoms with Gasteiger partial charge in [-0.05, 0) is 60.5 Å². The Bertz CT molecular complexity index is 1180. The van der Waals surface area contributed by atoms with Crippen LogP contribution in [0.3, 0.4) is 0 Å². The Labute approximate surface area is 191 Å². The summed E-state index contributed by atoms with van der Waals surface area (Å²) in [5.41, 5.74) is 4.40. The fourth-order valence-electron chi connectivity index (χ4n) is 3.31. The number of hydrogen-bond donors (Lipinski definition) is 2. The van der Waals surface area contributed by atoms with E-state index >= 15 is 0 Å². The van der Waals surface area contributed by atoms with Crippen LogP contribution >= 0.6 is 12.2 Å². The number of nitro benzene ring substituents is 1. The van der Waals surface area contributed by atoms with Gasteiger partial charge in [0.2, 0.25) is 0 Å². The minimum atomic E-state index is -0.552. The van der Waals surface area contributed by atoms with Crippen LogP contribution in [0.4, 0.5) is 11.4 Å². The van der Waals surface area contributed by atoms with Crippen molar-refractivity contribution in [3.63, 3.8) is 0 Å². The first kappa shape index (κ1) is 23.1. The number of carbonyl (C=O) groups is 1. The number of benzene rings is 3. The van der Waals surface area contributed by atoms with Crippen LogP contribution in [-0.2, 0) is 13.2 Å². The van der Waals surface area contributed by atoms with Crippen LogP contribution in [0.2, 0.25) is 0 Å². The molecule has 0 radical (unpaired) electrons. The fraction of sp³-hybridized carbons (Fsp3) is 0.167. The van der Waals surface area contributed by atoms with E-state index < -0.39 is 10.8 Å². The van der Waals surface area contributed by atoms with E-state index in [1.54, 1.807) is 4.90 Å². The molecule has 32 heavy (non-hydrogen) atoms. The molecule has 0 heterocycles. The second-order valence-electron chi connectivity index (χ2n) is 7.37. The number of aryl methyl sites for hydroxylation is 2.